The lowest BCUT2D eigenvalue weighted by Crippen LogP contribution is -2.06. The van der Waals surface area contributed by atoms with E-state index in [0.29, 0.717) is 12.0 Å². The third-order valence-electron chi connectivity index (χ3n) is 3.48. The normalized spacial score (nSPS) is 12.0. The Labute approximate surface area is 119 Å². The smallest absolute Gasteiger partial charge is 0.303 e. The summed E-state index contributed by atoms with van der Waals surface area (Å²) in [5, 5.41) is 0. The van der Waals surface area contributed by atoms with Gasteiger partial charge in [0.2, 0.25) is 0 Å². The Kier molecular flexibility index (Phi) is 3.20. The molecule has 0 aliphatic rings. The van der Waals surface area contributed by atoms with Crippen molar-refractivity contribution in [3.8, 4) is 0 Å². The van der Waals surface area contributed by atoms with Crippen molar-refractivity contribution in [3.05, 3.63) is 71.3 Å². The van der Waals surface area contributed by atoms with Crippen LogP contribution >= 0.6 is 0 Å². The number of halogens is 3. The molecule has 0 unspecified atom stereocenters. The molecule has 2 heterocycles. The van der Waals surface area contributed by atoms with Gasteiger partial charge in [-0.1, -0.05) is 24.3 Å². The number of fused-ring (bicyclic) bond motifs is 1. The zero-order valence-electron chi connectivity index (χ0n) is 11.4. The lowest BCUT2D eigenvalue weighted by molar-refractivity contribution is -0.137. The fraction of sp³-hybridized carbons (Fsp3) is 0.188. The predicted molar refractivity (Wildman–Crippen MR) is 74.2 cm³/mol. The molecular weight excluding hydrogens is 277 g/mol. The van der Waals surface area contributed by atoms with Gasteiger partial charge >= 0.3 is 6.18 Å². The van der Waals surface area contributed by atoms with E-state index < -0.39 is 11.7 Å². The number of alkyl halides is 3. The summed E-state index contributed by atoms with van der Waals surface area (Å²) in [5.74, 6) is 0.730. The average Bonchev–Trinajstić information content (AvgIpc) is 2.83. The lowest BCUT2D eigenvalue weighted by atomic mass is 10.1. The van der Waals surface area contributed by atoms with Crippen molar-refractivity contribution in [1.29, 1.82) is 0 Å². The van der Waals surface area contributed by atoms with Crippen molar-refractivity contribution in [2.24, 2.45) is 0 Å². The van der Waals surface area contributed by atoms with Crippen LogP contribution in [0.4, 0.5) is 13.2 Å². The monoisotopic (exact) mass is 290 g/mol. The van der Waals surface area contributed by atoms with Crippen molar-refractivity contribution in [1.82, 2.24) is 9.38 Å². The van der Waals surface area contributed by atoms with Gasteiger partial charge in [0.15, 0.2) is 0 Å². The maximum atomic E-state index is 12.7. The van der Waals surface area contributed by atoms with Gasteiger partial charge in [0.05, 0.1) is 17.3 Å². The zero-order chi connectivity index (χ0) is 15.0. The number of benzene rings is 1. The number of aromatic nitrogens is 2. The van der Waals surface area contributed by atoms with E-state index in [4.69, 9.17) is 0 Å². The molecule has 0 fully saturated rings. The lowest BCUT2D eigenvalue weighted by Gasteiger charge is -2.08. The fourth-order valence-electron chi connectivity index (χ4n) is 2.39. The second kappa shape index (κ2) is 4.91. The summed E-state index contributed by atoms with van der Waals surface area (Å²) in [5.41, 5.74) is 2.02. The molecule has 3 aromatic rings. The fourth-order valence-corrected chi connectivity index (χ4v) is 2.39. The molecule has 0 saturated heterocycles. The van der Waals surface area contributed by atoms with Gasteiger partial charge < -0.3 is 4.40 Å². The Bertz CT molecular complexity index is 788. The van der Waals surface area contributed by atoms with Crippen molar-refractivity contribution >= 4 is 5.52 Å². The molecule has 0 radical (unpaired) electrons. The quantitative estimate of drug-likeness (QED) is 0.689. The van der Waals surface area contributed by atoms with Crippen LogP contribution in [0.5, 0.6) is 0 Å². The summed E-state index contributed by atoms with van der Waals surface area (Å²) in [6, 6.07) is 9.25. The standard InChI is InChI=1S/C16H13F3N2/c1-11-4-3-7-21-14(11)10-20-15(21)9-12-5-2-6-13(8-12)16(17,18)19/h2-8,10H,9H2,1H3. The highest BCUT2D eigenvalue weighted by atomic mass is 19.4. The largest absolute Gasteiger partial charge is 0.416 e. The SMILES string of the molecule is Cc1cccn2c(Cc3cccc(C(F)(F)F)c3)ncc12. The van der Waals surface area contributed by atoms with Gasteiger partial charge in [0, 0.05) is 12.6 Å². The second-order valence-corrected chi connectivity index (χ2v) is 5.00. The molecule has 0 N–H and O–H groups in total. The first kappa shape index (κ1) is 13.7. The molecule has 3 rings (SSSR count). The Morgan fingerprint density at radius 3 is 2.71 bits per heavy atom. The van der Waals surface area contributed by atoms with E-state index >= 15 is 0 Å². The van der Waals surface area contributed by atoms with Gasteiger partial charge in [-0.2, -0.15) is 13.2 Å². The molecule has 108 valence electrons. The second-order valence-electron chi connectivity index (χ2n) is 5.00. The topological polar surface area (TPSA) is 17.3 Å². The minimum Gasteiger partial charge on any atom is -0.303 e. The molecule has 0 bridgehead atoms. The Balaban J connectivity index is 1.98. The molecule has 1 aromatic carbocycles. The van der Waals surface area contributed by atoms with Crippen molar-refractivity contribution in [2.75, 3.05) is 0 Å². The summed E-state index contributed by atoms with van der Waals surface area (Å²) < 4.78 is 40.1. The Morgan fingerprint density at radius 2 is 1.95 bits per heavy atom. The highest BCUT2D eigenvalue weighted by Crippen LogP contribution is 2.30. The Hall–Kier alpha value is -2.30. The minimum atomic E-state index is -4.32. The first-order chi connectivity index (χ1) is 9.95. The van der Waals surface area contributed by atoms with Crippen molar-refractivity contribution in [3.63, 3.8) is 0 Å². The molecule has 0 aliphatic carbocycles. The van der Waals surface area contributed by atoms with Gasteiger partial charge in [-0.25, -0.2) is 4.98 Å². The molecule has 2 aromatic heterocycles. The molecule has 5 heteroatoms. The van der Waals surface area contributed by atoms with Crippen LogP contribution in [-0.2, 0) is 12.6 Å². The number of aryl methyl sites for hydroxylation is 1. The molecule has 0 atom stereocenters. The van der Waals surface area contributed by atoms with Gasteiger partial charge in [-0.15, -0.1) is 0 Å². The van der Waals surface area contributed by atoms with Crippen LogP contribution in [0.3, 0.4) is 0 Å². The van der Waals surface area contributed by atoms with Crippen LogP contribution in [0.25, 0.3) is 5.52 Å². The summed E-state index contributed by atoms with van der Waals surface area (Å²) in [4.78, 5) is 4.32. The molecule has 21 heavy (non-hydrogen) atoms. The molecule has 0 amide bonds. The third kappa shape index (κ3) is 2.63. The first-order valence-electron chi connectivity index (χ1n) is 6.53. The molecular formula is C16H13F3N2. The summed E-state index contributed by atoms with van der Waals surface area (Å²) >= 11 is 0. The van der Waals surface area contributed by atoms with Crippen LogP contribution in [-0.4, -0.2) is 9.38 Å². The maximum Gasteiger partial charge on any atom is 0.416 e. The average molecular weight is 290 g/mol. The van der Waals surface area contributed by atoms with Crippen LogP contribution in [0.2, 0.25) is 0 Å². The van der Waals surface area contributed by atoms with Crippen LogP contribution in [0.1, 0.15) is 22.5 Å². The summed E-state index contributed by atoms with van der Waals surface area (Å²) in [6.07, 6.45) is -0.334. The van der Waals surface area contributed by atoms with E-state index in [9.17, 15) is 13.2 Å². The van der Waals surface area contributed by atoms with E-state index in [0.717, 1.165) is 23.0 Å². The number of hydrogen-bond donors (Lipinski definition) is 0. The van der Waals surface area contributed by atoms with Gasteiger partial charge in [0.1, 0.15) is 5.82 Å². The molecule has 2 nitrogen and oxygen atoms in total. The van der Waals surface area contributed by atoms with Crippen LogP contribution in [0, 0.1) is 6.92 Å². The van der Waals surface area contributed by atoms with E-state index in [1.807, 2.05) is 29.7 Å². The molecule has 0 aliphatic heterocycles. The summed E-state index contributed by atoms with van der Waals surface area (Å²) in [6.45, 7) is 1.98. The number of imidazole rings is 1. The zero-order valence-corrected chi connectivity index (χ0v) is 11.4. The van der Waals surface area contributed by atoms with E-state index in [-0.39, 0.29) is 0 Å². The summed E-state index contributed by atoms with van der Waals surface area (Å²) in [7, 11) is 0. The highest BCUT2D eigenvalue weighted by molar-refractivity contribution is 5.53. The maximum absolute atomic E-state index is 12.7. The molecule has 0 spiro atoms. The van der Waals surface area contributed by atoms with Gasteiger partial charge in [-0.3, -0.25) is 0 Å². The van der Waals surface area contributed by atoms with Crippen molar-refractivity contribution < 1.29 is 13.2 Å². The number of hydrogen-bond acceptors (Lipinski definition) is 1. The van der Waals surface area contributed by atoms with E-state index in [2.05, 4.69) is 4.98 Å². The predicted octanol–water partition coefficient (Wildman–Crippen LogP) is 4.25. The van der Waals surface area contributed by atoms with E-state index in [1.165, 1.54) is 12.1 Å². The first-order valence-corrected chi connectivity index (χ1v) is 6.53. The minimum absolute atomic E-state index is 0.363. The van der Waals surface area contributed by atoms with Crippen LogP contribution in [0.15, 0.2) is 48.8 Å². The van der Waals surface area contributed by atoms with Gasteiger partial charge in [-0.05, 0) is 30.2 Å². The van der Waals surface area contributed by atoms with Crippen molar-refractivity contribution in [2.45, 2.75) is 19.5 Å². The van der Waals surface area contributed by atoms with Gasteiger partial charge in [0.25, 0.3) is 0 Å². The molecule has 0 saturated carbocycles. The number of nitrogens with zero attached hydrogens (tertiary/aromatic N) is 2. The van der Waals surface area contributed by atoms with Crippen LogP contribution < -0.4 is 0 Å². The highest BCUT2D eigenvalue weighted by Gasteiger charge is 2.30. The number of pyridine rings is 1. The Morgan fingerprint density at radius 1 is 1.14 bits per heavy atom. The van der Waals surface area contributed by atoms with E-state index in [1.54, 1.807) is 12.3 Å². The number of rotatable bonds is 2. The third-order valence-corrected chi connectivity index (χ3v) is 3.48.